The molecule has 0 saturated heterocycles. The summed E-state index contributed by atoms with van der Waals surface area (Å²) in [5.74, 6) is 0.971. The molecule has 5 heteroatoms. The van der Waals surface area contributed by atoms with Crippen LogP contribution >= 0.6 is 0 Å². The Morgan fingerprint density at radius 2 is 1.86 bits per heavy atom. The van der Waals surface area contributed by atoms with Crippen molar-refractivity contribution in [2.24, 2.45) is 40.4 Å². The van der Waals surface area contributed by atoms with Crippen molar-refractivity contribution in [1.82, 2.24) is 0 Å². The fourth-order valence-corrected chi connectivity index (χ4v) is 7.85. The van der Waals surface area contributed by atoms with E-state index < -0.39 is 5.97 Å². The second kappa shape index (κ2) is 6.93. The van der Waals surface area contributed by atoms with Gasteiger partial charge in [-0.25, -0.2) is 0 Å². The van der Waals surface area contributed by atoms with Crippen molar-refractivity contribution in [2.45, 2.75) is 78.2 Å². The zero-order valence-corrected chi connectivity index (χ0v) is 17.4. The molecule has 8 atom stereocenters. The number of aliphatic hydroxyl groups is 1. The number of ketones is 2. The Morgan fingerprint density at radius 3 is 2.57 bits per heavy atom. The minimum Gasteiger partial charge on any atom is -0.458 e. The van der Waals surface area contributed by atoms with Crippen LogP contribution in [0.25, 0.3) is 0 Å². The van der Waals surface area contributed by atoms with Crippen molar-refractivity contribution in [3.8, 4) is 0 Å². The van der Waals surface area contributed by atoms with Crippen LogP contribution in [0.2, 0.25) is 0 Å². The van der Waals surface area contributed by atoms with Gasteiger partial charge in [0.2, 0.25) is 0 Å². The minimum atomic E-state index is -0.432. The van der Waals surface area contributed by atoms with Crippen molar-refractivity contribution in [1.29, 1.82) is 0 Å². The minimum absolute atomic E-state index is 0.000393. The Hall–Kier alpha value is -1.23. The first kappa shape index (κ1) is 20.1. The zero-order chi connectivity index (χ0) is 20.3. The van der Waals surface area contributed by atoms with Gasteiger partial charge in [-0.2, -0.15) is 0 Å². The summed E-state index contributed by atoms with van der Waals surface area (Å²) in [6.07, 6.45) is 6.74. The van der Waals surface area contributed by atoms with E-state index in [1.165, 1.54) is 6.92 Å². The molecule has 0 aromatic heterocycles. The highest BCUT2D eigenvalue weighted by Gasteiger charge is 2.64. The molecule has 0 aromatic carbocycles. The molecule has 0 heterocycles. The number of fused-ring (bicyclic) bond motifs is 5. The number of carbonyl (C=O) groups excluding carboxylic acids is 3. The average Bonchev–Trinajstić information content (AvgIpc) is 2.96. The van der Waals surface area contributed by atoms with Gasteiger partial charge in [0, 0.05) is 25.2 Å². The van der Waals surface area contributed by atoms with Crippen LogP contribution in [0.15, 0.2) is 0 Å². The molecule has 5 nitrogen and oxygen atoms in total. The first-order chi connectivity index (χ1) is 13.2. The Labute approximate surface area is 167 Å². The second-order valence-electron chi connectivity index (χ2n) is 10.5. The van der Waals surface area contributed by atoms with Gasteiger partial charge in [0.15, 0.2) is 5.78 Å². The smallest absolute Gasteiger partial charge is 0.303 e. The van der Waals surface area contributed by atoms with E-state index in [1.807, 2.05) is 0 Å². The molecule has 4 aliphatic carbocycles. The molecule has 1 N–H and O–H groups in total. The molecule has 28 heavy (non-hydrogen) atoms. The normalized spacial score (nSPS) is 47.6. The maximum absolute atomic E-state index is 13.5. The molecular weight excluding hydrogens is 356 g/mol. The SMILES string of the molecule is CC(=O)OCC(=O)[C@H]1CC[C@H]2[C@@H]3CC[C@H]4C[C@H](O)CC[C@@]4(C)[C@H]3C(=O)C[C@@]12C. The maximum atomic E-state index is 13.5. The van der Waals surface area contributed by atoms with Gasteiger partial charge in [-0.15, -0.1) is 0 Å². The summed E-state index contributed by atoms with van der Waals surface area (Å²) in [7, 11) is 0. The summed E-state index contributed by atoms with van der Waals surface area (Å²) in [6.45, 7) is 5.58. The van der Waals surface area contributed by atoms with E-state index in [1.54, 1.807) is 0 Å². The van der Waals surface area contributed by atoms with Gasteiger partial charge in [0.05, 0.1) is 6.10 Å². The topological polar surface area (TPSA) is 80.7 Å². The van der Waals surface area contributed by atoms with Crippen LogP contribution in [0.3, 0.4) is 0 Å². The number of ether oxygens (including phenoxy) is 1. The summed E-state index contributed by atoms with van der Waals surface area (Å²) in [5.41, 5.74) is -0.298. The molecule has 0 aliphatic heterocycles. The van der Waals surface area contributed by atoms with E-state index in [2.05, 4.69) is 13.8 Å². The van der Waals surface area contributed by atoms with Gasteiger partial charge in [0.25, 0.3) is 0 Å². The van der Waals surface area contributed by atoms with Gasteiger partial charge in [-0.1, -0.05) is 13.8 Å². The summed E-state index contributed by atoms with van der Waals surface area (Å²) >= 11 is 0. The third-order valence-electron chi connectivity index (χ3n) is 9.13. The first-order valence-electron chi connectivity index (χ1n) is 11.0. The van der Waals surface area contributed by atoms with Crippen molar-refractivity contribution in [2.75, 3.05) is 6.61 Å². The number of hydrogen-bond acceptors (Lipinski definition) is 5. The summed E-state index contributed by atoms with van der Waals surface area (Å²) in [5, 5.41) is 10.1. The van der Waals surface area contributed by atoms with Gasteiger partial charge in [-0.3, -0.25) is 14.4 Å². The van der Waals surface area contributed by atoms with Crippen molar-refractivity contribution < 1.29 is 24.2 Å². The van der Waals surface area contributed by atoms with E-state index in [-0.39, 0.29) is 41.2 Å². The van der Waals surface area contributed by atoms with Crippen LogP contribution in [-0.4, -0.2) is 35.4 Å². The first-order valence-corrected chi connectivity index (χ1v) is 11.0. The fourth-order valence-electron chi connectivity index (χ4n) is 7.85. The molecule has 0 amide bonds. The largest absolute Gasteiger partial charge is 0.458 e. The molecule has 4 saturated carbocycles. The Morgan fingerprint density at radius 1 is 1.11 bits per heavy atom. The third-order valence-corrected chi connectivity index (χ3v) is 9.13. The number of esters is 1. The van der Waals surface area contributed by atoms with E-state index in [0.29, 0.717) is 30.0 Å². The van der Waals surface area contributed by atoms with Crippen LogP contribution in [0.1, 0.15) is 72.1 Å². The summed E-state index contributed by atoms with van der Waals surface area (Å²) in [6, 6.07) is 0. The van der Waals surface area contributed by atoms with Crippen LogP contribution in [-0.2, 0) is 19.1 Å². The van der Waals surface area contributed by atoms with E-state index in [0.717, 1.165) is 44.9 Å². The lowest BCUT2D eigenvalue weighted by atomic mass is 9.44. The number of carbonyl (C=O) groups is 3. The maximum Gasteiger partial charge on any atom is 0.303 e. The second-order valence-corrected chi connectivity index (χ2v) is 10.5. The van der Waals surface area contributed by atoms with Crippen LogP contribution < -0.4 is 0 Å². The molecule has 0 unspecified atom stereocenters. The number of aliphatic hydroxyl groups excluding tert-OH is 1. The molecule has 0 aromatic rings. The lowest BCUT2D eigenvalue weighted by molar-refractivity contribution is -0.163. The molecule has 4 fully saturated rings. The predicted molar refractivity (Wildman–Crippen MR) is 103 cm³/mol. The van der Waals surface area contributed by atoms with E-state index >= 15 is 0 Å². The molecule has 4 aliphatic rings. The quantitative estimate of drug-likeness (QED) is 0.748. The lowest BCUT2D eigenvalue weighted by Crippen LogP contribution is -2.58. The molecule has 0 spiro atoms. The van der Waals surface area contributed by atoms with Gasteiger partial charge >= 0.3 is 5.97 Å². The van der Waals surface area contributed by atoms with Crippen LogP contribution in [0.4, 0.5) is 0 Å². The van der Waals surface area contributed by atoms with Crippen molar-refractivity contribution >= 4 is 17.5 Å². The molecule has 0 radical (unpaired) electrons. The van der Waals surface area contributed by atoms with E-state index in [9.17, 15) is 19.5 Å². The molecule has 0 bridgehead atoms. The predicted octanol–water partition coefficient (Wildman–Crippen LogP) is 3.32. The molecule has 156 valence electrons. The average molecular weight is 391 g/mol. The van der Waals surface area contributed by atoms with Crippen LogP contribution in [0.5, 0.6) is 0 Å². The van der Waals surface area contributed by atoms with Gasteiger partial charge < -0.3 is 9.84 Å². The molecule has 4 rings (SSSR count). The summed E-state index contributed by atoms with van der Waals surface area (Å²) in [4.78, 5) is 37.4. The Bertz CT molecular complexity index is 686. The summed E-state index contributed by atoms with van der Waals surface area (Å²) < 4.78 is 4.97. The van der Waals surface area contributed by atoms with Gasteiger partial charge in [0.1, 0.15) is 12.4 Å². The third kappa shape index (κ3) is 2.96. The van der Waals surface area contributed by atoms with Crippen molar-refractivity contribution in [3.05, 3.63) is 0 Å². The van der Waals surface area contributed by atoms with E-state index in [4.69, 9.17) is 4.74 Å². The standard InChI is InChI=1S/C23H34O5/c1-13(24)28-12-20(27)18-7-6-17-16-5-4-14-10-15(25)8-9-22(14,2)21(16)19(26)11-23(17,18)3/h14-18,21,25H,4-12H2,1-3H3/t14-,15+,16-,17-,18+,21+,22+,23+/m0/s1. The number of Topliss-reactive ketones (excluding diaryl/α,β-unsaturated/α-hetero) is 2. The monoisotopic (exact) mass is 390 g/mol. The number of hydrogen-bond donors (Lipinski definition) is 1. The van der Waals surface area contributed by atoms with Crippen LogP contribution in [0, 0.1) is 40.4 Å². The zero-order valence-electron chi connectivity index (χ0n) is 17.4. The van der Waals surface area contributed by atoms with Crippen molar-refractivity contribution in [3.63, 3.8) is 0 Å². The number of rotatable bonds is 3. The Balaban J connectivity index is 1.58. The Kier molecular flexibility index (Phi) is 4.96. The highest BCUT2D eigenvalue weighted by atomic mass is 16.5. The van der Waals surface area contributed by atoms with Gasteiger partial charge in [-0.05, 0) is 73.5 Å². The highest BCUT2D eigenvalue weighted by Crippen LogP contribution is 2.66. The highest BCUT2D eigenvalue weighted by molar-refractivity contribution is 5.89. The fraction of sp³-hybridized carbons (Fsp3) is 0.870. The lowest BCUT2D eigenvalue weighted by Gasteiger charge is -2.59. The molecular formula is C23H34O5.